The molecule has 0 saturated carbocycles. The Bertz CT molecular complexity index is 1130. The van der Waals surface area contributed by atoms with E-state index in [1.165, 1.54) is 23.9 Å². The van der Waals surface area contributed by atoms with E-state index in [-0.39, 0.29) is 22.7 Å². The first kappa shape index (κ1) is 21.0. The summed E-state index contributed by atoms with van der Waals surface area (Å²) in [5.41, 5.74) is 3.09. The Morgan fingerprint density at radius 2 is 1.71 bits per heavy atom. The lowest BCUT2D eigenvalue weighted by Crippen LogP contribution is -2.15. The number of hydrogen-bond donors (Lipinski definition) is 1. The highest BCUT2D eigenvalue weighted by Crippen LogP contribution is 2.49. The van der Waals surface area contributed by atoms with Gasteiger partial charge in [0.2, 0.25) is 5.91 Å². The first-order valence-corrected chi connectivity index (χ1v) is 10.6. The highest BCUT2D eigenvalue weighted by atomic mass is 32.2. The first-order valence-electron chi connectivity index (χ1n) is 9.53. The summed E-state index contributed by atoms with van der Waals surface area (Å²) in [4.78, 5) is 12.5. The number of amides is 1. The molecule has 1 amide bonds. The van der Waals surface area contributed by atoms with Gasteiger partial charge in [-0.05, 0) is 37.3 Å². The highest BCUT2D eigenvalue weighted by Gasteiger charge is 2.33. The average Bonchev–Trinajstić information content (AvgIpc) is 2.98. The molecule has 2 aromatic carbocycles. The van der Waals surface area contributed by atoms with E-state index in [2.05, 4.69) is 10.4 Å². The second-order valence-corrected chi connectivity index (χ2v) is 8.02. The number of carbonyl (C=O) groups is 1. The maximum atomic E-state index is 13.4. The summed E-state index contributed by atoms with van der Waals surface area (Å²) in [5.74, 6) is 2.05. The lowest BCUT2D eigenvalue weighted by Gasteiger charge is -2.20. The molecule has 0 radical (unpaired) electrons. The van der Waals surface area contributed by atoms with Crippen molar-refractivity contribution in [3.8, 4) is 22.9 Å². The number of nitrogens with zero attached hydrogens (tertiary/aromatic N) is 2. The maximum Gasteiger partial charge on any atom is 0.235 e. The van der Waals surface area contributed by atoms with Crippen LogP contribution in [0.2, 0.25) is 0 Å². The zero-order valence-electron chi connectivity index (χ0n) is 17.6. The topological polar surface area (TPSA) is 74.6 Å². The molecular formula is C22H22FN3O4S. The second-order valence-electron chi connectivity index (χ2n) is 6.92. The average molecular weight is 444 g/mol. The number of nitrogens with one attached hydrogen (secondary N) is 1. The SMILES string of the molecule is COc1cc(OC)c([C@H]2SCC(=O)Nc3c2c(C)nn3-c2ccc(F)cc2)cc1OC. The molecule has 1 aliphatic heterocycles. The minimum Gasteiger partial charge on any atom is -0.496 e. The van der Waals surface area contributed by atoms with Crippen LogP contribution in [0.5, 0.6) is 17.2 Å². The van der Waals surface area contributed by atoms with E-state index in [0.29, 0.717) is 28.8 Å². The van der Waals surface area contributed by atoms with Gasteiger partial charge in [-0.25, -0.2) is 9.07 Å². The zero-order chi connectivity index (χ0) is 22.1. The summed E-state index contributed by atoms with van der Waals surface area (Å²) >= 11 is 1.47. The normalized spacial score (nSPS) is 15.6. The Kier molecular flexibility index (Phi) is 5.77. The number of aryl methyl sites for hydroxylation is 1. The van der Waals surface area contributed by atoms with Crippen LogP contribution in [0.25, 0.3) is 5.69 Å². The molecule has 0 saturated heterocycles. The fraction of sp³-hybridized carbons (Fsp3) is 0.273. The summed E-state index contributed by atoms with van der Waals surface area (Å²) in [5, 5.41) is 7.36. The Labute approximate surface area is 183 Å². The molecule has 1 N–H and O–H groups in total. The number of ether oxygens (including phenoxy) is 3. The van der Waals surface area contributed by atoms with Gasteiger partial charge in [-0.1, -0.05) is 0 Å². The van der Waals surface area contributed by atoms with E-state index in [4.69, 9.17) is 14.2 Å². The standard InChI is InChI=1S/C22H22FN3O4S/c1-12-20-21(15-9-17(29-3)18(30-4)10-16(15)28-2)31-11-19(27)24-22(20)26(25-12)14-7-5-13(23)6-8-14/h5-10,21H,11H2,1-4H3,(H,24,27)/t21-/m1/s1. The number of rotatable bonds is 5. The van der Waals surface area contributed by atoms with Gasteiger partial charge in [-0.2, -0.15) is 5.10 Å². The van der Waals surface area contributed by atoms with Crippen LogP contribution in [0, 0.1) is 12.7 Å². The van der Waals surface area contributed by atoms with E-state index in [9.17, 15) is 9.18 Å². The van der Waals surface area contributed by atoms with E-state index >= 15 is 0 Å². The van der Waals surface area contributed by atoms with E-state index in [0.717, 1.165) is 16.8 Å². The molecule has 7 nitrogen and oxygen atoms in total. The molecule has 2 heterocycles. The van der Waals surface area contributed by atoms with Crippen molar-refractivity contribution in [2.24, 2.45) is 0 Å². The summed E-state index contributed by atoms with van der Waals surface area (Å²) in [6, 6.07) is 9.61. The van der Waals surface area contributed by atoms with Gasteiger partial charge in [0.05, 0.1) is 43.7 Å². The van der Waals surface area contributed by atoms with Gasteiger partial charge in [0, 0.05) is 17.2 Å². The van der Waals surface area contributed by atoms with Crippen molar-refractivity contribution < 1.29 is 23.4 Å². The quantitative estimate of drug-likeness (QED) is 0.640. The van der Waals surface area contributed by atoms with E-state index in [1.54, 1.807) is 44.2 Å². The van der Waals surface area contributed by atoms with Gasteiger partial charge < -0.3 is 19.5 Å². The zero-order valence-corrected chi connectivity index (χ0v) is 18.4. The van der Waals surface area contributed by atoms with Crippen LogP contribution in [0.15, 0.2) is 36.4 Å². The summed E-state index contributed by atoms with van der Waals surface area (Å²) in [6.45, 7) is 1.89. The van der Waals surface area contributed by atoms with Crippen molar-refractivity contribution in [2.45, 2.75) is 12.2 Å². The number of hydrogen-bond acceptors (Lipinski definition) is 6. The molecule has 0 bridgehead atoms. The number of halogens is 1. The third-order valence-electron chi connectivity index (χ3n) is 5.10. The number of fused-ring (bicyclic) bond motifs is 1. The van der Waals surface area contributed by atoms with Crippen LogP contribution in [0.4, 0.5) is 10.2 Å². The van der Waals surface area contributed by atoms with Crippen LogP contribution in [0.1, 0.15) is 22.1 Å². The Hall–Kier alpha value is -3.20. The van der Waals surface area contributed by atoms with Crippen LogP contribution in [0.3, 0.4) is 0 Å². The van der Waals surface area contributed by atoms with Crippen molar-refractivity contribution in [3.05, 3.63) is 59.0 Å². The smallest absolute Gasteiger partial charge is 0.235 e. The minimum absolute atomic E-state index is 0.142. The number of thioether (sulfide) groups is 1. The molecule has 162 valence electrons. The Morgan fingerprint density at radius 1 is 1.06 bits per heavy atom. The third-order valence-corrected chi connectivity index (χ3v) is 6.35. The number of carbonyl (C=O) groups excluding carboxylic acids is 1. The molecule has 0 unspecified atom stereocenters. The first-order chi connectivity index (χ1) is 15.0. The molecule has 3 aromatic rings. The van der Waals surface area contributed by atoms with Gasteiger partial charge >= 0.3 is 0 Å². The molecule has 1 aromatic heterocycles. The molecule has 31 heavy (non-hydrogen) atoms. The predicted octanol–water partition coefficient (Wildman–Crippen LogP) is 4.12. The predicted molar refractivity (Wildman–Crippen MR) is 117 cm³/mol. The van der Waals surface area contributed by atoms with Gasteiger partial charge in [0.15, 0.2) is 11.5 Å². The Balaban J connectivity index is 1.91. The largest absolute Gasteiger partial charge is 0.496 e. The molecular weight excluding hydrogens is 421 g/mol. The van der Waals surface area contributed by atoms with Crippen LogP contribution in [-0.2, 0) is 4.79 Å². The maximum absolute atomic E-state index is 13.4. The van der Waals surface area contributed by atoms with E-state index < -0.39 is 0 Å². The number of methoxy groups -OCH3 is 3. The van der Waals surface area contributed by atoms with Crippen molar-refractivity contribution in [2.75, 3.05) is 32.4 Å². The van der Waals surface area contributed by atoms with Crippen LogP contribution in [-0.4, -0.2) is 42.8 Å². The van der Waals surface area contributed by atoms with Gasteiger partial charge in [0.1, 0.15) is 17.4 Å². The van der Waals surface area contributed by atoms with Crippen LogP contribution < -0.4 is 19.5 Å². The fourth-order valence-corrected chi connectivity index (χ4v) is 4.86. The lowest BCUT2D eigenvalue weighted by molar-refractivity contribution is -0.113. The van der Waals surface area contributed by atoms with Crippen LogP contribution >= 0.6 is 11.8 Å². The second kappa shape index (κ2) is 8.50. The molecule has 0 spiro atoms. The minimum atomic E-state index is -0.341. The van der Waals surface area contributed by atoms with Crippen molar-refractivity contribution in [1.82, 2.24) is 9.78 Å². The van der Waals surface area contributed by atoms with Gasteiger partial charge in [-0.3, -0.25) is 4.79 Å². The lowest BCUT2D eigenvalue weighted by atomic mass is 10.0. The van der Waals surface area contributed by atoms with Crippen molar-refractivity contribution in [3.63, 3.8) is 0 Å². The molecule has 4 rings (SSSR count). The number of anilines is 1. The molecule has 1 atom stereocenters. The van der Waals surface area contributed by atoms with E-state index in [1.807, 2.05) is 13.0 Å². The van der Waals surface area contributed by atoms with Gasteiger partial charge in [-0.15, -0.1) is 11.8 Å². The molecule has 0 aliphatic carbocycles. The summed E-state index contributed by atoms with van der Waals surface area (Å²) in [7, 11) is 4.73. The Morgan fingerprint density at radius 3 is 2.35 bits per heavy atom. The summed E-state index contributed by atoms with van der Waals surface area (Å²) < 4.78 is 31.6. The number of aromatic nitrogens is 2. The molecule has 0 fully saturated rings. The molecule has 9 heteroatoms. The molecule has 1 aliphatic rings. The highest BCUT2D eigenvalue weighted by molar-refractivity contribution is 8.00. The number of benzene rings is 2. The van der Waals surface area contributed by atoms with Gasteiger partial charge in [0.25, 0.3) is 0 Å². The monoisotopic (exact) mass is 443 g/mol. The van der Waals surface area contributed by atoms with Crippen molar-refractivity contribution in [1.29, 1.82) is 0 Å². The van der Waals surface area contributed by atoms with Crippen molar-refractivity contribution >= 4 is 23.5 Å². The third kappa shape index (κ3) is 3.81. The fourth-order valence-electron chi connectivity index (χ4n) is 3.66. The summed E-state index contributed by atoms with van der Waals surface area (Å²) in [6.07, 6.45) is 0.